The van der Waals surface area contributed by atoms with Gasteiger partial charge in [-0.1, -0.05) is 23.2 Å². The molecule has 1 aliphatic rings. The molecule has 2 aromatic rings. The van der Waals surface area contributed by atoms with E-state index in [4.69, 9.17) is 23.2 Å². The highest BCUT2D eigenvalue weighted by Gasteiger charge is 2.34. The minimum Gasteiger partial charge on any atom is -0.304 e. The minimum absolute atomic E-state index is 0.162. The van der Waals surface area contributed by atoms with E-state index in [1.165, 1.54) is 15.2 Å². The summed E-state index contributed by atoms with van der Waals surface area (Å²) < 4.78 is 31.3. The summed E-state index contributed by atoms with van der Waals surface area (Å²) in [7, 11) is -0.480. The molecule has 0 saturated carbocycles. The van der Waals surface area contributed by atoms with Gasteiger partial charge in [-0.2, -0.15) is 13.5 Å². The van der Waals surface area contributed by atoms with Crippen LogP contribution in [0.5, 0.6) is 0 Å². The third-order valence-electron chi connectivity index (χ3n) is 4.67. The van der Waals surface area contributed by atoms with Crippen LogP contribution < -0.4 is 9.03 Å². The maximum Gasteiger partial charge on any atom is 0.326 e. The number of carbonyl (C=O) groups is 1. The summed E-state index contributed by atoms with van der Waals surface area (Å²) in [4.78, 5) is 14.6. The van der Waals surface area contributed by atoms with Gasteiger partial charge in [0.25, 0.3) is 0 Å². The Balaban J connectivity index is 1.83. The first kappa shape index (κ1) is 21.9. The topological polar surface area (TPSA) is 87.5 Å². The van der Waals surface area contributed by atoms with Crippen molar-refractivity contribution in [3.8, 4) is 0 Å². The monoisotopic (exact) mass is 459 g/mol. The highest BCUT2D eigenvalue weighted by atomic mass is 35.5. The van der Waals surface area contributed by atoms with Crippen LogP contribution in [0.1, 0.15) is 18.4 Å². The van der Waals surface area contributed by atoms with Crippen molar-refractivity contribution >= 4 is 45.0 Å². The van der Waals surface area contributed by atoms with Gasteiger partial charge in [0, 0.05) is 29.8 Å². The molecule has 0 spiro atoms. The number of hydrogen-bond acceptors (Lipinski definition) is 5. The number of hydrogen-bond donors (Lipinski definition) is 1. The third kappa shape index (κ3) is 5.63. The van der Waals surface area contributed by atoms with Crippen molar-refractivity contribution in [2.45, 2.75) is 25.3 Å². The standard InChI is InChI=1S/C18H23Cl2N5O3S/c1-23-5-3-4-16(11-23)25(17-10-21-24(2)12-17)29(27,28)22-18(26)8-13-6-14(19)9-15(20)7-13/h6-7,9-10,12,16H,3-5,8,11H2,1-2H3,(H,22,26). The highest BCUT2D eigenvalue weighted by molar-refractivity contribution is 7.91. The summed E-state index contributed by atoms with van der Waals surface area (Å²) in [5.74, 6) is -0.665. The largest absolute Gasteiger partial charge is 0.326 e. The molecular weight excluding hydrogens is 437 g/mol. The summed E-state index contributed by atoms with van der Waals surface area (Å²) >= 11 is 11.9. The number of anilines is 1. The van der Waals surface area contributed by atoms with Crippen LogP contribution in [0, 0.1) is 0 Å². The second kappa shape index (κ2) is 8.91. The van der Waals surface area contributed by atoms with Crippen molar-refractivity contribution in [1.82, 2.24) is 19.4 Å². The Hall–Kier alpha value is -1.81. The Bertz CT molecular complexity index is 975. The van der Waals surface area contributed by atoms with Crippen molar-refractivity contribution in [3.05, 3.63) is 46.2 Å². The van der Waals surface area contributed by atoms with Gasteiger partial charge < -0.3 is 4.90 Å². The number of piperidine rings is 1. The lowest BCUT2D eigenvalue weighted by Gasteiger charge is -2.37. The van der Waals surface area contributed by atoms with Crippen LogP contribution >= 0.6 is 23.2 Å². The van der Waals surface area contributed by atoms with Gasteiger partial charge in [-0.3, -0.25) is 9.48 Å². The molecule has 1 aliphatic heterocycles. The van der Waals surface area contributed by atoms with Crippen LogP contribution in [0.15, 0.2) is 30.6 Å². The lowest BCUT2D eigenvalue weighted by atomic mass is 10.1. The minimum atomic E-state index is -4.14. The molecular formula is C18H23Cl2N5O3S. The lowest BCUT2D eigenvalue weighted by Crippen LogP contribution is -2.54. The molecule has 1 unspecified atom stereocenters. The molecule has 1 aromatic heterocycles. The Labute approximate surface area is 180 Å². The van der Waals surface area contributed by atoms with Crippen LogP contribution in [0.4, 0.5) is 5.69 Å². The molecule has 0 radical (unpaired) electrons. The number of aromatic nitrogens is 2. The number of carbonyl (C=O) groups excluding carboxylic acids is 1. The van der Waals surface area contributed by atoms with Gasteiger partial charge in [-0.25, -0.2) is 9.03 Å². The van der Waals surface area contributed by atoms with Gasteiger partial charge in [0.15, 0.2) is 0 Å². The number of amides is 1. The normalized spacial score (nSPS) is 17.9. The SMILES string of the molecule is CN1CCCC(N(c2cnn(C)c2)S(=O)(=O)NC(=O)Cc2cc(Cl)cc(Cl)c2)C1. The van der Waals surface area contributed by atoms with Crippen molar-refractivity contribution in [3.63, 3.8) is 0 Å². The summed E-state index contributed by atoms with van der Waals surface area (Å²) in [6.45, 7) is 1.47. The summed E-state index contributed by atoms with van der Waals surface area (Å²) in [6, 6.07) is 4.40. The van der Waals surface area contributed by atoms with Crippen molar-refractivity contribution in [1.29, 1.82) is 0 Å². The summed E-state index contributed by atoms with van der Waals surface area (Å²) in [5.41, 5.74) is 0.944. The Morgan fingerprint density at radius 3 is 2.55 bits per heavy atom. The third-order valence-corrected chi connectivity index (χ3v) is 6.61. The Morgan fingerprint density at radius 1 is 1.28 bits per heavy atom. The average molecular weight is 460 g/mol. The molecule has 1 aromatic carbocycles. The number of aryl methyl sites for hydroxylation is 1. The van der Waals surface area contributed by atoms with Gasteiger partial charge in [-0.05, 0) is 50.2 Å². The van der Waals surface area contributed by atoms with E-state index in [-0.39, 0.29) is 12.5 Å². The Morgan fingerprint density at radius 2 is 1.97 bits per heavy atom. The highest BCUT2D eigenvalue weighted by Crippen LogP contribution is 2.25. The molecule has 0 aliphatic carbocycles. The smallest absolute Gasteiger partial charge is 0.304 e. The van der Waals surface area contributed by atoms with E-state index in [2.05, 4.69) is 14.7 Å². The molecule has 1 N–H and O–H groups in total. The predicted molar refractivity (Wildman–Crippen MR) is 113 cm³/mol. The second-order valence-electron chi connectivity index (χ2n) is 7.21. The first-order valence-electron chi connectivity index (χ1n) is 9.11. The molecule has 11 heteroatoms. The molecule has 1 saturated heterocycles. The first-order chi connectivity index (χ1) is 13.6. The zero-order valence-corrected chi connectivity index (χ0v) is 18.5. The van der Waals surface area contributed by atoms with Gasteiger partial charge in [-0.15, -0.1) is 0 Å². The summed E-state index contributed by atoms with van der Waals surface area (Å²) in [5, 5.41) is 4.85. The quantitative estimate of drug-likeness (QED) is 0.715. The van der Waals surface area contributed by atoms with E-state index >= 15 is 0 Å². The van der Waals surface area contributed by atoms with Crippen LogP contribution in [0.25, 0.3) is 0 Å². The van der Waals surface area contributed by atoms with E-state index < -0.39 is 16.1 Å². The number of likely N-dealkylation sites (tertiary alicyclic amines) is 1. The lowest BCUT2D eigenvalue weighted by molar-refractivity contribution is -0.118. The van der Waals surface area contributed by atoms with Crippen molar-refractivity contribution in [2.75, 3.05) is 24.4 Å². The second-order valence-corrected chi connectivity index (χ2v) is 9.63. The maximum atomic E-state index is 13.2. The zero-order valence-electron chi connectivity index (χ0n) is 16.2. The van der Waals surface area contributed by atoms with Crippen LogP contribution in [-0.4, -0.2) is 55.2 Å². The van der Waals surface area contributed by atoms with E-state index in [1.807, 2.05) is 7.05 Å². The van der Waals surface area contributed by atoms with Crippen molar-refractivity contribution < 1.29 is 13.2 Å². The van der Waals surface area contributed by atoms with Gasteiger partial charge in [0.1, 0.15) is 0 Å². The molecule has 1 fully saturated rings. The number of nitrogens with one attached hydrogen (secondary N) is 1. The van der Waals surface area contributed by atoms with Gasteiger partial charge >= 0.3 is 10.2 Å². The van der Waals surface area contributed by atoms with E-state index in [1.54, 1.807) is 31.4 Å². The molecule has 1 atom stereocenters. The molecule has 8 nitrogen and oxygen atoms in total. The molecule has 0 bridgehead atoms. The number of rotatable bonds is 6. The van der Waals surface area contributed by atoms with E-state index in [0.29, 0.717) is 34.3 Å². The van der Waals surface area contributed by atoms with Crippen molar-refractivity contribution in [2.24, 2.45) is 7.05 Å². The van der Waals surface area contributed by atoms with E-state index in [9.17, 15) is 13.2 Å². The molecule has 2 heterocycles. The van der Waals surface area contributed by atoms with Gasteiger partial charge in [0.05, 0.1) is 24.3 Å². The average Bonchev–Trinajstić information content (AvgIpc) is 2.98. The number of halogens is 2. The van der Waals surface area contributed by atoms with Crippen LogP contribution in [0.3, 0.4) is 0 Å². The number of nitrogens with zero attached hydrogens (tertiary/aromatic N) is 4. The van der Waals surface area contributed by atoms with Gasteiger partial charge in [0.2, 0.25) is 5.91 Å². The molecule has 29 heavy (non-hydrogen) atoms. The fourth-order valence-electron chi connectivity index (χ4n) is 3.53. The zero-order chi connectivity index (χ0) is 21.2. The number of benzene rings is 1. The first-order valence-corrected chi connectivity index (χ1v) is 11.3. The van der Waals surface area contributed by atoms with E-state index in [0.717, 1.165) is 13.0 Å². The molecule has 1 amide bonds. The predicted octanol–water partition coefficient (Wildman–Crippen LogP) is 2.23. The molecule has 158 valence electrons. The summed E-state index contributed by atoms with van der Waals surface area (Å²) in [6.07, 6.45) is 4.50. The molecule has 3 rings (SSSR count). The fourth-order valence-corrected chi connectivity index (χ4v) is 5.49. The van der Waals surface area contributed by atoms with Crippen LogP contribution in [0.2, 0.25) is 10.0 Å². The Kier molecular flexibility index (Phi) is 6.72. The van der Waals surface area contributed by atoms with Crippen LogP contribution in [-0.2, 0) is 28.5 Å². The maximum absolute atomic E-state index is 13.2. The number of likely N-dealkylation sites (N-methyl/N-ethyl adjacent to an activating group) is 1. The fraction of sp³-hybridized carbons (Fsp3) is 0.444.